The lowest BCUT2D eigenvalue weighted by molar-refractivity contribution is -0.274. The molecule has 1 aliphatic heterocycles. The SMILES string of the molecule is Cc1cnc(Nc2cc(OC(F)(F)F)ccn2)cc1C(=O)N1CC(F)(F)CCC1CNC(=O)OC(C)(C)C. The smallest absolute Gasteiger partial charge is 0.444 e. The number of nitrogens with one attached hydrogen (secondary N) is 2. The zero-order valence-electron chi connectivity index (χ0n) is 21.2. The van der Waals surface area contributed by atoms with Crippen molar-refractivity contribution in [3.05, 3.63) is 41.7 Å². The molecule has 2 aromatic rings. The van der Waals surface area contributed by atoms with Gasteiger partial charge in [0.05, 0.1) is 6.54 Å². The van der Waals surface area contributed by atoms with E-state index >= 15 is 0 Å². The van der Waals surface area contributed by atoms with Crippen LogP contribution in [0.5, 0.6) is 5.75 Å². The van der Waals surface area contributed by atoms with Gasteiger partial charge in [-0.15, -0.1) is 13.2 Å². The van der Waals surface area contributed by atoms with Gasteiger partial charge in [0.2, 0.25) is 0 Å². The number of piperidine rings is 1. The minimum atomic E-state index is -4.90. The average Bonchev–Trinajstić information content (AvgIpc) is 2.76. The Kier molecular flexibility index (Phi) is 8.32. The number of amides is 2. The fraction of sp³-hybridized carbons (Fsp3) is 0.500. The van der Waals surface area contributed by atoms with Crippen LogP contribution < -0.4 is 15.4 Å². The minimum absolute atomic E-state index is 0.0443. The Morgan fingerprint density at radius 1 is 1.16 bits per heavy atom. The Balaban J connectivity index is 1.80. The number of alkyl halides is 5. The summed E-state index contributed by atoms with van der Waals surface area (Å²) in [6.45, 7) is 5.65. The van der Waals surface area contributed by atoms with Crippen LogP contribution in [-0.2, 0) is 4.74 Å². The van der Waals surface area contributed by atoms with Crippen LogP contribution in [-0.4, -0.2) is 63.9 Å². The van der Waals surface area contributed by atoms with E-state index in [1.165, 1.54) is 12.3 Å². The number of ether oxygens (including phenoxy) is 2. The highest BCUT2D eigenvalue weighted by atomic mass is 19.4. The molecular weight excluding hydrogens is 517 g/mol. The van der Waals surface area contributed by atoms with Crippen LogP contribution in [0.4, 0.5) is 38.4 Å². The van der Waals surface area contributed by atoms with Crippen molar-refractivity contribution in [3.63, 3.8) is 0 Å². The number of likely N-dealkylation sites (tertiary alicyclic amines) is 1. The van der Waals surface area contributed by atoms with Gasteiger partial charge in [0.1, 0.15) is 23.0 Å². The van der Waals surface area contributed by atoms with E-state index in [-0.39, 0.29) is 30.2 Å². The van der Waals surface area contributed by atoms with Crippen LogP contribution in [0.15, 0.2) is 30.6 Å². The van der Waals surface area contributed by atoms with Crippen LogP contribution in [0.3, 0.4) is 0 Å². The van der Waals surface area contributed by atoms with Crippen molar-refractivity contribution in [2.24, 2.45) is 0 Å². The fourth-order valence-corrected chi connectivity index (χ4v) is 3.74. The summed E-state index contributed by atoms with van der Waals surface area (Å²) in [4.78, 5) is 34.5. The van der Waals surface area contributed by atoms with Gasteiger partial charge < -0.3 is 25.0 Å². The van der Waals surface area contributed by atoms with Gasteiger partial charge in [0.15, 0.2) is 0 Å². The van der Waals surface area contributed by atoms with E-state index in [1.807, 2.05) is 0 Å². The first-order valence-electron chi connectivity index (χ1n) is 11.6. The van der Waals surface area contributed by atoms with Gasteiger partial charge in [-0.2, -0.15) is 0 Å². The first-order chi connectivity index (χ1) is 17.5. The number of aryl methyl sites for hydroxylation is 1. The predicted molar refractivity (Wildman–Crippen MR) is 126 cm³/mol. The standard InChI is InChI=1S/C24H28F5N5O4/c1-14-11-31-19(33-18-9-16(6-8-30-18)37-24(27,28)29)10-17(14)20(35)34-13-23(25,26)7-5-15(34)12-32-21(36)38-22(2,3)4/h6,8-11,15H,5,7,12-13H2,1-4H3,(H,32,36)(H,30,31,33). The van der Waals surface area contributed by atoms with Crippen LogP contribution in [0.2, 0.25) is 0 Å². The molecule has 0 saturated carbocycles. The van der Waals surface area contributed by atoms with Gasteiger partial charge in [0.25, 0.3) is 11.8 Å². The van der Waals surface area contributed by atoms with E-state index in [0.29, 0.717) is 5.56 Å². The van der Waals surface area contributed by atoms with Crippen LogP contribution in [0, 0.1) is 6.92 Å². The Morgan fingerprint density at radius 2 is 1.84 bits per heavy atom. The van der Waals surface area contributed by atoms with Crippen molar-refractivity contribution in [2.45, 2.75) is 64.5 Å². The molecule has 38 heavy (non-hydrogen) atoms. The number of hydrogen-bond acceptors (Lipinski definition) is 7. The number of anilines is 2. The molecule has 2 amide bonds. The quantitative estimate of drug-likeness (QED) is 0.481. The minimum Gasteiger partial charge on any atom is -0.444 e. The molecule has 14 heteroatoms. The second-order valence-corrected chi connectivity index (χ2v) is 9.80. The number of aromatic nitrogens is 2. The Hall–Kier alpha value is -3.71. The number of nitrogens with zero attached hydrogens (tertiary/aromatic N) is 3. The maximum Gasteiger partial charge on any atom is 0.573 e. The van der Waals surface area contributed by atoms with E-state index in [4.69, 9.17) is 4.74 Å². The van der Waals surface area contributed by atoms with Gasteiger partial charge in [-0.3, -0.25) is 4.79 Å². The van der Waals surface area contributed by atoms with Crippen molar-refractivity contribution < 1.29 is 41.0 Å². The molecule has 0 aliphatic carbocycles. The molecule has 0 radical (unpaired) electrons. The number of hydrogen-bond donors (Lipinski definition) is 2. The van der Waals surface area contributed by atoms with Gasteiger partial charge in [-0.25, -0.2) is 23.5 Å². The first kappa shape index (κ1) is 28.9. The number of alkyl carbamates (subject to hydrolysis) is 1. The van der Waals surface area contributed by atoms with E-state index in [0.717, 1.165) is 23.2 Å². The monoisotopic (exact) mass is 545 g/mol. The maximum atomic E-state index is 14.3. The summed E-state index contributed by atoms with van der Waals surface area (Å²) in [5.74, 6) is -4.36. The van der Waals surface area contributed by atoms with Crippen molar-refractivity contribution in [1.82, 2.24) is 20.2 Å². The molecule has 9 nitrogen and oxygen atoms in total. The summed E-state index contributed by atoms with van der Waals surface area (Å²) in [7, 11) is 0. The summed E-state index contributed by atoms with van der Waals surface area (Å²) in [6, 6.07) is 2.57. The number of rotatable bonds is 6. The van der Waals surface area contributed by atoms with Crippen molar-refractivity contribution in [2.75, 3.05) is 18.4 Å². The zero-order chi connectivity index (χ0) is 28.3. The third kappa shape index (κ3) is 8.42. The summed E-state index contributed by atoms with van der Waals surface area (Å²) in [5.41, 5.74) is -0.329. The first-order valence-corrected chi connectivity index (χ1v) is 11.6. The largest absolute Gasteiger partial charge is 0.573 e. The Bertz CT molecular complexity index is 1170. The van der Waals surface area contributed by atoms with Gasteiger partial charge in [-0.05, 0) is 51.8 Å². The summed E-state index contributed by atoms with van der Waals surface area (Å²) in [6.07, 6.45) is -3.74. The highest BCUT2D eigenvalue weighted by Crippen LogP contribution is 2.32. The van der Waals surface area contributed by atoms with E-state index in [9.17, 15) is 31.5 Å². The molecule has 3 heterocycles. The topological polar surface area (TPSA) is 106 Å². The normalized spacial score (nSPS) is 17.5. The predicted octanol–water partition coefficient (Wildman–Crippen LogP) is 5.19. The lowest BCUT2D eigenvalue weighted by Crippen LogP contribution is -2.55. The van der Waals surface area contributed by atoms with Crippen molar-refractivity contribution in [3.8, 4) is 5.75 Å². The average molecular weight is 546 g/mol. The third-order valence-corrected chi connectivity index (χ3v) is 5.38. The fourth-order valence-electron chi connectivity index (χ4n) is 3.74. The molecule has 1 atom stereocenters. The molecule has 2 N–H and O–H groups in total. The van der Waals surface area contributed by atoms with Crippen LogP contribution in [0.1, 0.15) is 49.5 Å². The summed E-state index contributed by atoms with van der Waals surface area (Å²) >= 11 is 0. The second-order valence-electron chi connectivity index (χ2n) is 9.80. The van der Waals surface area contributed by atoms with E-state index < -0.39 is 54.6 Å². The molecule has 1 saturated heterocycles. The number of halogens is 5. The maximum absolute atomic E-state index is 14.3. The zero-order valence-corrected chi connectivity index (χ0v) is 21.2. The molecule has 0 aromatic carbocycles. The molecule has 1 fully saturated rings. The molecule has 0 spiro atoms. The number of carbonyl (C=O) groups is 2. The molecule has 0 bridgehead atoms. The van der Waals surface area contributed by atoms with E-state index in [2.05, 4.69) is 25.3 Å². The highest BCUT2D eigenvalue weighted by molar-refractivity contribution is 5.96. The van der Waals surface area contributed by atoms with Gasteiger partial charge in [-0.1, -0.05) is 0 Å². The third-order valence-electron chi connectivity index (χ3n) is 5.38. The van der Waals surface area contributed by atoms with E-state index in [1.54, 1.807) is 27.7 Å². The molecule has 1 unspecified atom stereocenters. The van der Waals surface area contributed by atoms with Gasteiger partial charge in [0, 0.05) is 43.0 Å². The number of carbonyl (C=O) groups excluding carboxylic acids is 2. The van der Waals surface area contributed by atoms with Crippen LogP contribution >= 0.6 is 0 Å². The molecular formula is C24H28F5N5O4. The lowest BCUT2D eigenvalue weighted by atomic mass is 9.97. The molecule has 2 aromatic heterocycles. The second kappa shape index (κ2) is 11.0. The van der Waals surface area contributed by atoms with Crippen LogP contribution in [0.25, 0.3) is 0 Å². The number of pyridine rings is 2. The Labute approximate surface area is 215 Å². The van der Waals surface area contributed by atoms with Gasteiger partial charge >= 0.3 is 12.5 Å². The highest BCUT2D eigenvalue weighted by Gasteiger charge is 2.42. The molecule has 208 valence electrons. The Morgan fingerprint density at radius 3 is 2.50 bits per heavy atom. The van der Waals surface area contributed by atoms with Crippen molar-refractivity contribution >= 4 is 23.6 Å². The summed E-state index contributed by atoms with van der Waals surface area (Å²) < 4.78 is 75.2. The lowest BCUT2D eigenvalue weighted by Gasteiger charge is -2.39. The molecule has 3 rings (SSSR count). The van der Waals surface area contributed by atoms with Crippen molar-refractivity contribution in [1.29, 1.82) is 0 Å². The molecule has 1 aliphatic rings. The summed E-state index contributed by atoms with van der Waals surface area (Å²) in [5, 5.41) is 5.21.